The summed E-state index contributed by atoms with van der Waals surface area (Å²) in [6.07, 6.45) is 2.41. The molecule has 0 bridgehead atoms. The Kier molecular flexibility index (Phi) is 8.48. The minimum absolute atomic E-state index is 0.0295. The predicted octanol–water partition coefficient (Wildman–Crippen LogP) is 2.74. The minimum Gasteiger partial charge on any atom is -0.481 e. The first-order valence-corrected chi connectivity index (χ1v) is 12.1. The first-order valence-electron chi connectivity index (χ1n) is 11.7. The van der Waals surface area contributed by atoms with Gasteiger partial charge in [0.15, 0.2) is 6.04 Å². The van der Waals surface area contributed by atoms with Crippen LogP contribution < -0.4 is 10.1 Å². The highest BCUT2D eigenvalue weighted by Gasteiger charge is 2.43. The third kappa shape index (κ3) is 6.98. The van der Waals surface area contributed by atoms with Crippen LogP contribution in [0.25, 0.3) is 0 Å². The molecule has 1 aromatic rings. The maximum absolute atomic E-state index is 13.0. The molecule has 2 saturated heterocycles. The Bertz CT molecular complexity index is 942. The van der Waals surface area contributed by atoms with Gasteiger partial charge in [0.25, 0.3) is 5.91 Å². The number of hydrogen-bond donors (Lipinski definition) is 1. The van der Waals surface area contributed by atoms with Gasteiger partial charge in [-0.15, -0.1) is 0 Å². The summed E-state index contributed by atoms with van der Waals surface area (Å²) in [7, 11) is 2.76. The van der Waals surface area contributed by atoms with Gasteiger partial charge in [-0.1, -0.05) is 11.6 Å². The molecular formula is C24H35ClN4O6. The lowest BCUT2D eigenvalue weighted by Gasteiger charge is -2.39. The van der Waals surface area contributed by atoms with E-state index in [-0.39, 0.29) is 29.1 Å². The number of aromatic nitrogens is 1. The van der Waals surface area contributed by atoms with E-state index in [0.29, 0.717) is 37.6 Å². The van der Waals surface area contributed by atoms with Gasteiger partial charge in [0.1, 0.15) is 5.15 Å². The molecule has 1 aromatic heterocycles. The van der Waals surface area contributed by atoms with Crippen LogP contribution in [0.4, 0.5) is 4.79 Å². The highest BCUT2D eigenvalue weighted by molar-refractivity contribution is 6.29. The fraction of sp³-hybridized carbons (Fsp3) is 0.667. The number of nitrogens with zero attached hydrogens (tertiary/aromatic N) is 3. The molecule has 0 aromatic carbocycles. The van der Waals surface area contributed by atoms with Crippen molar-refractivity contribution >= 4 is 29.5 Å². The van der Waals surface area contributed by atoms with E-state index in [2.05, 4.69) is 10.3 Å². The number of rotatable bonds is 6. The van der Waals surface area contributed by atoms with Crippen LogP contribution in [0.2, 0.25) is 5.15 Å². The van der Waals surface area contributed by atoms with Gasteiger partial charge < -0.3 is 29.3 Å². The summed E-state index contributed by atoms with van der Waals surface area (Å²) >= 11 is 6.02. The predicted molar refractivity (Wildman–Crippen MR) is 130 cm³/mol. The number of carbonyl (C=O) groups excluding carboxylic acids is 3. The molecule has 2 fully saturated rings. The van der Waals surface area contributed by atoms with Crippen molar-refractivity contribution in [1.82, 2.24) is 20.1 Å². The van der Waals surface area contributed by atoms with Crippen molar-refractivity contribution in [2.24, 2.45) is 5.41 Å². The van der Waals surface area contributed by atoms with Gasteiger partial charge in [0.2, 0.25) is 5.88 Å². The zero-order valence-corrected chi connectivity index (χ0v) is 21.8. The average molecular weight is 511 g/mol. The molecule has 10 nitrogen and oxygen atoms in total. The van der Waals surface area contributed by atoms with Crippen LogP contribution in [0, 0.1) is 5.41 Å². The summed E-state index contributed by atoms with van der Waals surface area (Å²) in [6, 6.07) is 1.93. The highest BCUT2D eigenvalue weighted by atomic mass is 35.5. The van der Waals surface area contributed by atoms with E-state index in [1.165, 1.54) is 14.2 Å². The number of pyridine rings is 1. The Labute approximate surface area is 211 Å². The third-order valence-electron chi connectivity index (χ3n) is 6.53. The van der Waals surface area contributed by atoms with Crippen molar-refractivity contribution in [2.45, 2.75) is 51.7 Å². The summed E-state index contributed by atoms with van der Waals surface area (Å²) in [5.41, 5.74) is -0.0615. The zero-order valence-electron chi connectivity index (χ0n) is 21.1. The Hall–Kier alpha value is -2.59. The van der Waals surface area contributed by atoms with Crippen LogP contribution in [0.15, 0.2) is 12.1 Å². The molecule has 3 heterocycles. The fourth-order valence-corrected chi connectivity index (χ4v) is 4.67. The van der Waals surface area contributed by atoms with Crippen molar-refractivity contribution in [3.8, 4) is 5.88 Å². The molecule has 1 spiro atoms. The number of urea groups is 1. The maximum atomic E-state index is 13.0. The number of nitrogens with one attached hydrogen (secondary N) is 1. The molecule has 2 aliphatic heterocycles. The van der Waals surface area contributed by atoms with Crippen LogP contribution in [0.5, 0.6) is 5.88 Å². The third-order valence-corrected chi connectivity index (χ3v) is 6.72. The molecule has 0 unspecified atom stereocenters. The van der Waals surface area contributed by atoms with Crippen LogP contribution >= 0.6 is 11.6 Å². The van der Waals surface area contributed by atoms with Gasteiger partial charge in [0, 0.05) is 37.8 Å². The van der Waals surface area contributed by atoms with E-state index in [9.17, 15) is 14.4 Å². The second-order valence-corrected chi connectivity index (χ2v) is 10.5. The van der Waals surface area contributed by atoms with Crippen molar-refractivity contribution in [3.05, 3.63) is 22.8 Å². The lowest BCUT2D eigenvalue weighted by Crippen LogP contribution is -2.51. The molecule has 194 valence electrons. The van der Waals surface area contributed by atoms with E-state index >= 15 is 0 Å². The maximum Gasteiger partial charge on any atom is 0.330 e. The summed E-state index contributed by atoms with van der Waals surface area (Å²) in [4.78, 5) is 45.6. The smallest absolute Gasteiger partial charge is 0.330 e. The summed E-state index contributed by atoms with van der Waals surface area (Å²) in [5.74, 6) is -0.365. The highest BCUT2D eigenvalue weighted by Crippen LogP contribution is 2.40. The van der Waals surface area contributed by atoms with Crippen LogP contribution in [-0.4, -0.2) is 91.3 Å². The first-order chi connectivity index (χ1) is 16.4. The second kappa shape index (κ2) is 11.0. The number of ether oxygens (including phenoxy) is 3. The van der Waals surface area contributed by atoms with Crippen molar-refractivity contribution < 1.29 is 28.6 Å². The summed E-state index contributed by atoms with van der Waals surface area (Å²) in [5, 5.41) is 2.97. The summed E-state index contributed by atoms with van der Waals surface area (Å²) < 4.78 is 15.6. The Balaban J connectivity index is 1.56. The molecule has 0 aliphatic carbocycles. The molecule has 11 heteroatoms. The fourth-order valence-electron chi connectivity index (χ4n) is 4.47. The van der Waals surface area contributed by atoms with E-state index < -0.39 is 17.6 Å². The second-order valence-electron chi connectivity index (χ2n) is 10.1. The normalized spacial score (nSPS) is 18.3. The van der Waals surface area contributed by atoms with Gasteiger partial charge in [-0.05, 0) is 51.5 Å². The number of esters is 1. The van der Waals surface area contributed by atoms with Gasteiger partial charge in [-0.25, -0.2) is 14.6 Å². The van der Waals surface area contributed by atoms with Gasteiger partial charge >= 0.3 is 12.0 Å². The largest absolute Gasteiger partial charge is 0.481 e. The number of methoxy groups -OCH3 is 2. The lowest BCUT2D eigenvalue weighted by atomic mass is 9.77. The molecule has 35 heavy (non-hydrogen) atoms. The molecule has 0 saturated carbocycles. The molecular weight excluding hydrogens is 476 g/mol. The zero-order chi connectivity index (χ0) is 25.8. The first kappa shape index (κ1) is 27.0. The van der Waals surface area contributed by atoms with Gasteiger partial charge in [-0.2, -0.15) is 0 Å². The number of carbonyl (C=O) groups is 3. The molecule has 3 rings (SSSR count). The number of hydrogen-bond acceptors (Lipinski definition) is 7. The lowest BCUT2D eigenvalue weighted by molar-refractivity contribution is -0.146. The number of halogens is 1. The average Bonchev–Trinajstić information content (AvgIpc) is 3.23. The standard InChI is InChI=1S/C24H35ClN4O6/c1-23(2,3)35-14-17(21(31)34-5)26-22(32)29-11-8-24(15-29)6-9-28(10-7-24)20(30)16-12-18(25)27-19(13-16)33-4/h12-13,17H,6-11,14-15H2,1-5H3,(H,26,32)/t17-/m0/s1. The minimum atomic E-state index is -0.882. The van der Waals surface area contributed by atoms with Crippen molar-refractivity contribution in [3.63, 3.8) is 0 Å². The van der Waals surface area contributed by atoms with Crippen LogP contribution in [0.1, 0.15) is 50.4 Å². The summed E-state index contributed by atoms with van der Waals surface area (Å²) in [6.45, 7) is 8.00. The van der Waals surface area contributed by atoms with Crippen LogP contribution in [-0.2, 0) is 14.3 Å². The number of amides is 3. The van der Waals surface area contributed by atoms with E-state index in [1.807, 2.05) is 20.8 Å². The van der Waals surface area contributed by atoms with Crippen LogP contribution in [0.3, 0.4) is 0 Å². The molecule has 1 N–H and O–H groups in total. The van der Waals surface area contributed by atoms with E-state index in [1.54, 1.807) is 21.9 Å². The van der Waals surface area contributed by atoms with E-state index in [4.69, 9.17) is 25.8 Å². The molecule has 2 aliphatic rings. The number of likely N-dealkylation sites (tertiary alicyclic amines) is 2. The topological polar surface area (TPSA) is 110 Å². The van der Waals surface area contributed by atoms with Gasteiger partial charge in [0.05, 0.1) is 26.4 Å². The van der Waals surface area contributed by atoms with Crippen molar-refractivity contribution in [1.29, 1.82) is 0 Å². The quantitative estimate of drug-likeness (QED) is 0.462. The monoisotopic (exact) mass is 510 g/mol. The van der Waals surface area contributed by atoms with E-state index in [0.717, 1.165) is 19.3 Å². The Morgan fingerprint density at radius 2 is 1.74 bits per heavy atom. The van der Waals surface area contributed by atoms with Crippen molar-refractivity contribution in [2.75, 3.05) is 47.0 Å². The SMILES string of the molecule is COC(=O)[C@H](COC(C)(C)C)NC(=O)N1CCC2(CCN(C(=O)c3cc(Cl)nc(OC)c3)CC2)C1. The number of piperidine rings is 1. The molecule has 3 amide bonds. The Morgan fingerprint density at radius 1 is 1.11 bits per heavy atom. The molecule has 0 radical (unpaired) electrons. The van der Waals surface area contributed by atoms with Gasteiger partial charge in [-0.3, -0.25) is 4.79 Å². The Morgan fingerprint density at radius 3 is 2.31 bits per heavy atom. The molecule has 1 atom stereocenters.